The van der Waals surface area contributed by atoms with Crippen LogP contribution < -0.4 is 5.11 Å². The van der Waals surface area contributed by atoms with E-state index in [4.69, 9.17) is 9.47 Å². The molecule has 27 heavy (non-hydrogen) atoms. The molecule has 4 saturated carbocycles. The van der Waals surface area contributed by atoms with Gasteiger partial charge in [-0.3, -0.25) is 9.59 Å². The minimum absolute atomic E-state index is 0.0320. The molecular formula is C19H25F2O6-. The number of methoxy groups -OCH3 is 1. The Kier molecular flexibility index (Phi) is 4.97. The number of halogens is 2. The summed E-state index contributed by atoms with van der Waals surface area (Å²) in [7, 11) is 1.34. The lowest BCUT2D eigenvalue weighted by molar-refractivity contribution is -0.338. The van der Waals surface area contributed by atoms with E-state index in [2.05, 4.69) is 0 Å². The molecule has 4 aliphatic rings. The van der Waals surface area contributed by atoms with Gasteiger partial charge in [-0.15, -0.1) is 0 Å². The van der Waals surface area contributed by atoms with Gasteiger partial charge in [-0.1, -0.05) is 13.8 Å². The minimum atomic E-state index is -4.26. The molecule has 0 amide bonds. The van der Waals surface area contributed by atoms with Crippen LogP contribution in [0.5, 0.6) is 0 Å². The van der Waals surface area contributed by atoms with Crippen LogP contribution in [0.3, 0.4) is 0 Å². The summed E-state index contributed by atoms with van der Waals surface area (Å²) in [4.78, 5) is 35.9. The first-order valence-electron chi connectivity index (χ1n) is 9.40. The standard InChI is InChI=1S/C19H26F2O6/c1-9(2)14(19(20,21)16(23)24)27-17(25)18-6-10-4-11(7-18)13(15(22)26-3)12(5-10)8-18/h9-14H,4-8H2,1-3H3,(H,23,24)/p-1. The van der Waals surface area contributed by atoms with Crippen LogP contribution in [0.4, 0.5) is 8.78 Å². The summed E-state index contributed by atoms with van der Waals surface area (Å²) in [5.74, 6) is -8.84. The van der Waals surface area contributed by atoms with Gasteiger partial charge in [0.15, 0.2) is 6.10 Å². The second-order valence-corrected chi connectivity index (χ2v) is 8.78. The summed E-state index contributed by atoms with van der Waals surface area (Å²) in [5, 5.41) is 10.8. The molecule has 4 fully saturated rings. The highest BCUT2D eigenvalue weighted by atomic mass is 19.3. The topological polar surface area (TPSA) is 92.7 Å². The Bertz CT molecular complexity index is 630. The van der Waals surface area contributed by atoms with Crippen molar-refractivity contribution in [1.82, 2.24) is 0 Å². The number of aliphatic carboxylic acids is 1. The molecule has 4 bridgehead atoms. The molecule has 6 nitrogen and oxygen atoms in total. The zero-order valence-electron chi connectivity index (χ0n) is 15.7. The number of hydrogen-bond acceptors (Lipinski definition) is 6. The van der Waals surface area contributed by atoms with Crippen LogP contribution in [0.1, 0.15) is 46.0 Å². The second-order valence-electron chi connectivity index (χ2n) is 8.78. The van der Waals surface area contributed by atoms with Gasteiger partial charge in [-0.2, -0.15) is 8.78 Å². The lowest BCUT2D eigenvalue weighted by atomic mass is 9.46. The van der Waals surface area contributed by atoms with Crippen molar-refractivity contribution >= 4 is 17.9 Å². The van der Waals surface area contributed by atoms with E-state index in [0.717, 1.165) is 12.8 Å². The molecule has 0 radical (unpaired) electrons. The quantitative estimate of drug-likeness (QED) is 0.642. The van der Waals surface area contributed by atoms with Crippen molar-refractivity contribution in [3.8, 4) is 0 Å². The number of alkyl halides is 2. The molecule has 0 aromatic carbocycles. The highest BCUT2D eigenvalue weighted by molar-refractivity contribution is 5.81. The molecule has 0 heterocycles. The van der Waals surface area contributed by atoms with E-state index in [1.54, 1.807) is 0 Å². The normalized spacial score (nSPS) is 35.8. The summed E-state index contributed by atoms with van der Waals surface area (Å²) in [5.41, 5.74) is -0.920. The molecule has 0 aromatic heterocycles. The third kappa shape index (κ3) is 3.21. The molecule has 3 atom stereocenters. The summed E-state index contributed by atoms with van der Waals surface area (Å²) < 4.78 is 38.0. The molecule has 0 spiro atoms. The van der Waals surface area contributed by atoms with Gasteiger partial charge in [0.2, 0.25) is 0 Å². The average molecular weight is 387 g/mol. The van der Waals surface area contributed by atoms with Crippen LogP contribution in [0, 0.1) is 35.0 Å². The smallest absolute Gasteiger partial charge is 0.323 e. The Labute approximate surface area is 156 Å². The minimum Gasteiger partial charge on any atom is -0.544 e. The number of esters is 2. The van der Waals surface area contributed by atoms with E-state index >= 15 is 0 Å². The fourth-order valence-corrected chi connectivity index (χ4v) is 5.78. The van der Waals surface area contributed by atoms with Crippen molar-refractivity contribution in [3.63, 3.8) is 0 Å². The number of carboxylic acid groups (broad SMARTS) is 1. The number of rotatable bonds is 6. The highest BCUT2D eigenvalue weighted by Gasteiger charge is 2.62. The van der Waals surface area contributed by atoms with Crippen molar-refractivity contribution in [2.24, 2.45) is 35.0 Å². The van der Waals surface area contributed by atoms with Gasteiger partial charge in [0.25, 0.3) is 0 Å². The van der Waals surface area contributed by atoms with E-state index < -0.39 is 35.3 Å². The maximum Gasteiger partial charge on any atom is 0.323 e. The van der Waals surface area contributed by atoms with Crippen LogP contribution in [0.15, 0.2) is 0 Å². The third-order valence-corrected chi connectivity index (χ3v) is 6.65. The highest BCUT2D eigenvalue weighted by Crippen LogP contribution is 2.63. The SMILES string of the molecule is COC(=O)C1C2CC3CC1CC(C(=O)OC(C(C)C)C(F)(F)C(=O)[O-])(C3)C2. The van der Waals surface area contributed by atoms with Gasteiger partial charge in [0.05, 0.1) is 18.4 Å². The Morgan fingerprint density at radius 2 is 1.67 bits per heavy atom. The largest absolute Gasteiger partial charge is 0.544 e. The molecule has 0 N–H and O–H groups in total. The van der Waals surface area contributed by atoms with Gasteiger partial charge < -0.3 is 19.4 Å². The average Bonchev–Trinajstić information content (AvgIpc) is 2.57. The van der Waals surface area contributed by atoms with Crippen molar-refractivity contribution in [2.45, 2.75) is 58.0 Å². The maximum absolute atomic E-state index is 14.0. The fraction of sp³-hybridized carbons (Fsp3) is 0.842. The van der Waals surface area contributed by atoms with E-state index in [-0.39, 0.29) is 29.6 Å². The lowest BCUT2D eigenvalue weighted by Gasteiger charge is -2.58. The zero-order chi connectivity index (χ0) is 20.1. The molecule has 3 unspecified atom stereocenters. The predicted octanol–water partition coefficient (Wildman–Crippen LogP) is 1.55. The van der Waals surface area contributed by atoms with Crippen LogP contribution in [-0.2, 0) is 23.9 Å². The molecule has 152 valence electrons. The predicted molar refractivity (Wildman–Crippen MR) is 86.2 cm³/mol. The summed E-state index contributed by atoms with van der Waals surface area (Å²) >= 11 is 0. The van der Waals surface area contributed by atoms with Crippen molar-refractivity contribution < 1.29 is 37.7 Å². The Morgan fingerprint density at radius 1 is 1.11 bits per heavy atom. The summed E-state index contributed by atoms with van der Waals surface area (Å²) in [6, 6.07) is 0. The first-order valence-corrected chi connectivity index (χ1v) is 9.40. The van der Waals surface area contributed by atoms with E-state index in [1.165, 1.54) is 21.0 Å². The van der Waals surface area contributed by atoms with Gasteiger partial charge in [0.1, 0.15) is 5.97 Å². The van der Waals surface area contributed by atoms with Crippen molar-refractivity contribution in [3.05, 3.63) is 0 Å². The summed E-state index contributed by atoms with van der Waals surface area (Å²) in [6.45, 7) is 2.75. The molecule has 0 aromatic rings. The van der Waals surface area contributed by atoms with E-state index in [1.807, 2.05) is 0 Å². The number of ether oxygens (including phenoxy) is 2. The van der Waals surface area contributed by atoms with Crippen LogP contribution >= 0.6 is 0 Å². The van der Waals surface area contributed by atoms with E-state index in [0.29, 0.717) is 19.3 Å². The van der Waals surface area contributed by atoms with Gasteiger partial charge in [0, 0.05) is 0 Å². The monoisotopic (exact) mass is 387 g/mol. The number of hydrogen-bond donors (Lipinski definition) is 0. The van der Waals surface area contributed by atoms with Gasteiger partial charge in [-0.05, 0) is 55.8 Å². The molecule has 4 rings (SSSR count). The zero-order valence-corrected chi connectivity index (χ0v) is 15.7. The van der Waals surface area contributed by atoms with Crippen LogP contribution in [0.25, 0.3) is 0 Å². The Balaban J connectivity index is 1.81. The van der Waals surface area contributed by atoms with Gasteiger partial charge >= 0.3 is 17.9 Å². The molecule has 4 aliphatic carbocycles. The molecule has 0 aliphatic heterocycles. The van der Waals surface area contributed by atoms with Crippen molar-refractivity contribution in [2.75, 3.05) is 7.11 Å². The number of carbonyl (C=O) groups excluding carboxylic acids is 3. The number of carboxylic acids is 1. The second kappa shape index (κ2) is 6.71. The molecular weight excluding hydrogens is 362 g/mol. The Hall–Kier alpha value is -1.73. The van der Waals surface area contributed by atoms with Crippen LogP contribution in [-0.4, -0.2) is 37.0 Å². The summed E-state index contributed by atoms with van der Waals surface area (Å²) in [6.07, 6.45) is 0.858. The number of carbonyl (C=O) groups is 3. The first kappa shape index (κ1) is 20.0. The first-order chi connectivity index (χ1) is 12.5. The molecule has 0 saturated heterocycles. The van der Waals surface area contributed by atoms with Crippen LogP contribution in [0.2, 0.25) is 0 Å². The maximum atomic E-state index is 14.0. The fourth-order valence-electron chi connectivity index (χ4n) is 5.78. The van der Waals surface area contributed by atoms with Crippen molar-refractivity contribution in [1.29, 1.82) is 0 Å². The third-order valence-electron chi connectivity index (χ3n) is 6.65. The lowest BCUT2D eigenvalue weighted by Crippen LogP contribution is -2.58. The van der Waals surface area contributed by atoms with E-state index in [9.17, 15) is 28.3 Å². The molecule has 8 heteroatoms. The Morgan fingerprint density at radius 3 is 2.11 bits per heavy atom. The van der Waals surface area contributed by atoms with Gasteiger partial charge in [-0.25, -0.2) is 0 Å².